The normalized spacial score (nSPS) is 11.5. The van der Waals surface area contributed by atoms with Crippen molar-refractivity contribution in [2.45, 2.75) is 0 Å². The summed E-state index contributed by atoms with van der Waals surface area (Å²) in [5.74, 6) is 0.592. The van der Waals surface area contributed by atoms with E-state index in [0.29, 0.717) is 15.6 Å². The molecule has 2 aromatic rings. The fraction of sp³-hybridized carbons (Fsp3) is 0. The number of allylic oxidation sites excluding steroid dienone is 3. The van der Waals surface area contributed by atoms with E-state index in [2.05, 4.69) is 0 Å². The monoisotopic (exact) mass is 292 g/mol. The van der Waals surface area contributed by atoms with Gasteiger partial charge in [-0.05, 0) is 42.5 Å². The van der Waals surface area contributed by atoms with E-state index in [1.54, 1.807) is 48.8 Å². The van der Waals surface area contributed by atoms with E-state index < -0.39 is 0 Å². The van der Waals surface area contributed by atoms with Crippen molar-refractivity contribution in [3.8, 4) is 0 Å². The molecule has 0 bridgehead atoms. The van der Waals surface area contributed by atoms with Crippen molar-refractivity contribution < 1.29 is 9.21 Å². The molecule has 96 valence electrons. The van der Waals surface area contributed by atoms with E-state index in [1.165, 1.54) is 6.08 Å². The number of carbonyl (C=O) groups is 1. The van der Waals surface area contributed by atoms with Crippen LogP contribution in [0.25, 0.3) is 6.08 Å². The zero-order valence-corrected chi connectivity index (χ0v) is 11.4. The third-order valence-electron chi connectivity index (χ3n) is 2.37. The Kier molecular flexibility index (Phi) is 4.61. The maximum atomic E-state index is 11.8. The van der Waals surface area contributed by atoms with Crippen molar-refractivity contribution in [2.24, 2.45) is 0 Å². The van der Waals surface area contributed by atoms with Gasteiger partial charge in [-0.3, -0.25) is 4.79 Å². The number of benzene rings is 1. The standard InChI is InChI=1S/C15H10Cl2O2/c16-13-8-7-11(10-14(13)17)15(18)6-2-1-4-12-5-3-9-19-12/h1-10H. The van der Waals surface area contributed by atoms with E-state index in [-0.39, 0.29) is 5.78 Å². The van der Waals surface area contributed by atoms with Crippen LogP contribution in [0.1, 0.15) is 16.1 Å². The van der Waals surface area contributed by atoms with Crippen LogP contribution in [0.4, 0.5) is 0 Å². The van der Waals surface area contributed by atoms with Crippen molar-refractivity contribution in [1.29, 1.82) is 0 Å². The second kappa shape index (κ2) is 6.41. The predicted molar refractivity (Wildman–Crippen MR) is 77.7 cm³/mol. The fourth-order valence-corrected chi connectivity index (χ4v) is 1.72. The Hall–Kier alpha value is -1.77. The van der Waals surface area contributed by atoms with Crippen molar-refractivity contribution in [1.82, 2.24) is 0 Å². The smallest absolute Gasteiger partial charge is 0.185 e. The first-order valence-electron chi connectivity index (χ1n) is 5.54. The summed E-state index contributed by atoms with van der Waals surface area (Å²) in [6, 6.07) is 8.41. The Balaban J connectivity index is 2.02. The molecule has 0 amide bonds. The van der Waals surface area contributed by atoms with Gasteiger partial charge in [-0.2, -0.15) is 0 Å². The molecular weight excluding hydrogens is 283 g/mol. The van der Waals surface area contributed by atoms with E-state index in [1.807, 2.05) is 6.07 Å². The van der Waals surface area contributed by atoms with Crippen molar-refractivity contribution in [3.05, 3.63) is 76.2 Å². The molecule has 0 spiro atoms. The van der Waals surface area contributed by atoms with Gasteiger partial charge in [-0.25, -0.2) is 0 Å². The zero-order chi connectivity index (χ0) is 13.7. The van der Waals surface area contributed by atoms with Crippen LogP contribution in [-0.4, -0.2) is 5.78 Å². The van der Waals surface area contributed by atoms with Gasteiger partial charge >= 0.3 is 0 Å². The maximum absolute atomic E-state index is 11.8. The molecule has 0 aliphatic rings. The maximum Gasteiger partial charge on any atom is 0.185 e. The quantitative estimate of drug-likeness (QED) is 0.449. The van der Waals surface area contributed by atoms with E-state index in [9.17, 15) is 4.79 Å². The number of hydrogen-bond acceptors (Lipinski definition) is 2. The number of rotatable bonds is 4. The van der Waals surface area contributed by atoms with Gasteiger partial charge in [-0.15, -0.1) is 0 Å². The lowest BCUT2D eigenvalue weighted by Gasteiger charge is -1.98. The highest BCUT2D eigenvalue weighted by atomic mass is 35.5. The van der Waals surface area contributed by atoms with E-state index in [4.69, 9.17) is 27.6 Å². The molecule has 1 heterocycles. The summed E-state index contributed by atoms with van der Waals surface area (Å²) in [5, 5.41) is 0.798. The summed E-state index contributed by atoms with van der Waals surface area (Å²) < 4.78 is 5.12. The van der Waals surface area contributed by atoms with Crippen LogP contribution in [0.15, 0.2) is 59.2 Å². The molecule has 4 heteroatoms. The summed E-state index contributed by atoms with van der Waals surface area (Å²) in [6.07, 6.45) is 8.18. The van der Waals surface area contributed by atoms with Gasteiger partial charge in [0.1, 0.15) is 5.76 Å². The molecule has 2 nitrogen and oxygen atoms in total. The second-order valence-corrected chi connectivity index (χ2v) is 4.54. The lowest BCUT2D eigenvalue weighted by Crippen LogP contribution is -1.93. The number of ketones is 1. The van der Waals surface area contributed by atoms with Crippen LogP contribution in [0.3, 0.4) is 0 Å². The van der Waals surface area contributed by atoms with Crippen molar-refractivity contribution in [3.63, 3.8) is 0 Å². The highest BCUT2D eigenvalue weighted by Gasteiger charge is 2.04. The molecule has 0 radical (unpaired) electrons. The number of carbonyl (C=O) groups excluding carboxylic acids is 1. The Labute approximate surface area is 120 Å². The van der Waals surface area contributed by atoms with Gasteiger partial charge in [0.15, 0.2) is 5.78 Å². The SMILES string of the molecule is O=C(C=CC=Cc1ccco1)c1ccc(Cl)c(Cl)c1. The molecule has 2 rings (SSSR count). The molecule has 1 aromatic heterocycles. The Bertz CT molecular complexity index is 626. The minimum atomic E-state index is -0.136. The molecule has 0 saturated carbocycles. The molecule has 1 aromatic carbocycles. The number of hydrogen-bond donors (Lipinski definition) is 0. The zero-order valence-electron chi connectivity index (χ0n) is 9.85. The molecule has 0 unspecified atom stereocenters. The first-order chi connectivity index (χ1) is 9.16. The van der Waals surface area contributed by atoms with E-state index in [0.717, 1.165) is 5.76 Å². The minimum Gasteiger partial charge on any atom is -0.465 e. The average molecular weight is 293 g/mol. The molecule has 19 heavy (non-hydrogen) atoms. The fourth-order valence-electron chi connectivity index (χ4n) is 1.43. The molecule has 0 aliphatic carbocycles. The predicted octanol–water partition coefficient (Wildman–Crippen LogP) is 5.04. The van der Waals surface area contributed by atoms with Gasteiger partial charge in [0.05, 0.1) is 16.3 Å². The lowest BCUT2D eigenvalue weighted by molar-refractivity contribution is 0.104. The van der Waals surface area contributed by atoms with Gasteiger partial charge < -0.3 is 4.42 Å². The van der Waals surface area contributed by atoms with Gasteiger partial charge in [0.2, 0.25) is 0 Å². The van der Waals surface area contributed by atoms with Crippen LogP contribution in [0, 0.1) is 0 Å². The third kappa shape index (κ3) is 3.85. The van der Waals surface area contributed by atoms with Crippen LogP contribution in [0.5, 0.6) is 0 Å². The molecular formula is C15H10Cl2O2. The van der Waals surface area contributed by atoms with Crippen LogP contribution in [-0.2, 0) is 0 Å². The largest absolute Gasteiger partial charge is 0.465 e. The lowest BCUT2D eigenvalue weighted by atomic mass is 10.1. The summed E-state index contributed by atoms with van der Waals surface area (Å²) in [5.41, 5.74) is 0.497. The highest BCUT2D eigenvalue weighted by molar-refractivity contribution is 6.42. The molecule has 0 fully saturated rings. The second-order valence-electron chi connectivity index (χ2n) is 3.73. The summed E-state index contributed by atoms with van der Waals surface area (Å²) in [4.78, 5) is 11.8. The highest BCUT2D eigenvalue weighted by Crippen LogP contribution is 2.22. The van der Waals surface area contributed by atoms with E-state index >= 15 is 0 Å². The Morgan fingerprint density at radius 2 is 1.95 bits per heavy atom. The van der Waals surface area contributed by atoms with Crippen LogP contribution in [0.2, 0.25) is 10.0 Å². The summed E-state index contributed by atoms with van der Waals surface area (Å²) >= 11 is 11.6. The average Bonchev–Trinajstić information content (AvgIpc) is 2.91. The Morgan fingerprint density at radius 1 is 1.11 bits per heavy atom. The van der Waals surface area contributed by atoms with Crippen LogP contribution < -0.4 is 0 Å². The van der Waals surface area contributed by atoms with Gasteiger partial charge in [0, 0.05) is 5.56 Å². The molecule has 0 N–H and O–H groups in total. The van der Waals surface area contributed by atoms with Crippen molar-refractivity contribution in [2.75, 3.05) is 0 Å². The molecule has 0 atom stereocenters. The number of halogens is 2. The van der Waals surface area contributed by atoms with Crippen molar-refractivity contribution >= 4 is 35.1 Å². The summed E-state index contributed by atoms with van der Waals surface area (Å²) in [7, 11) is 0. The minimum absolute atomic E-state index is 0.136. The van der Waals surface area contributed by atoms with Crippen LogP contribution >= 0.6 is 23.2 Å². The van der Waals surface area contributed by atoms with Gasteiger partial charge in [0.25, 0.3) is 0 Å². The number of furan rings is 1. The molecule has 0 saturated heterocycles. The summed E-state index contributed by atoms with van der Waals surface area (Å²) in [6.45, 7) is 0. The van der Waals surface area contributed by atoms with Gasteiger partial charge in [-0.1, -0.05) is 35.4 Å². The molecule has 0 aliphatic heterocycles. The Morgan fingerprint density at radius 3 is 2.63 bits per heavy atom. The first kappa shape index (κ1) is 13.7. The third-order valence-corrected chi connectivity index (χ3v) is 3.11. The first-order valence-corrected chi connectivity index (χ1v) is 6.30. The topological polar surface area (TPSA) is 30.2 Å².